The zero-order valence-corrected chi connectivity index (χ0v) is 12.8. The van der Waals surface area contributed by atoms with Gasteiger partial charge in [0.25, 0.3) is 5.91 Å². The van der Waals surface area contributed by atoms with Gasteiger partial charge in [0, 0.05) is 30.0 Å². The molecule has 0 radical (unpaired) electrons. The van der Waals surface area contributed by atoms with E-state index in [-0.39, 0.29) is 5.91 Å². The summed E-state index contributed by atoms with van der Waals surface area (Å²) in [4.78, 5) is 16.4. The molecule has 2 heterocycles. The van der Waals surface area contributed by atoms with Gasteiger partial charge in [0.1, 0.15) is 0 Å². The number of rotatable bonds is 4. The van der Waals surface area contributed by atoms with Crippen LogP contribution < -0.4 is 5.32 Å². The average molecular weight is 315 g/mol. The van der Waals surface area contributed by atoms with Gasteiger partial charge < -0.3 is 5.32 Å². The van der Waals surface area contributed by atoms with Crippen molar-refractivity contribution in [2.24, 2.45) is 0 Å². The Hall–Kier alpha value is -2.40. The first-order valence-electron chi connectivity index (χ1n) is 6.96. The monoisotopic (exact) mass is 314 g/mol. The Bertz CT molecular complexity index is 811. The van der Waals surface area contributed by atoms with E-state index in [1.165, 1.54) is 0 Å². The van der Waals surface area contributed by atoms with Gasteiger partial charge in [-0.25, -0.2) is 9.50 Å². The third-order valence-corrected chi connectivity index (χ3v) is 3.56. The van der Waals surface area contributed by atoms with Crippen molar-refractivity contribution in [3.8, 4) is 0 Å². The zero-order valence-electron chi connectivity index (χ0n) is 12.1. The summed E-state index contributed by atoms with van der Waals surface area (Å²) in [5, 5.41) is 7.84. The molecule has 1 N–H and O–H groups in total. The van der Waals surface area contributed by atoms with Gasteiger partial charge in [-0.2, -0.15) is 5.10 Å². The lowest BCUT2D eigenvalue weighted by molar-refractivity contribution is 0.0953. The van der Waals surface area contributed by atoms with Gasteiger partial charge in [0.2, 0.25) is 0 Å². The topological polar surface area (TPSA) is 59.3 Å². The van der Waals surface area contributed by atoms with Crippen LogP contribution in [0, 0.1) is 6.92 Å². The maximum Gasteiger partial charge on any atom is 0.254 e. The summed E-state index contributed by atoms with van der Waals surface area (Å²) in [5.41, 5.74) is 3.22. The molecule has 5 nitrogen and oxygen atoms in total. The molecule has 1 aromatic carbocycles. The lowest BCUT2D eigenvalue weighted by Gasteiger charge is -2.05. The first-order chi connectivity index (χ1) is 10.6. The summed E-state index contributed by atoms with van der Waals surface area (Å²) < 4.78 is 1.61. The minimum Gasteiger partial charge on any atom is -0.352 e. The van der Waals surface area contributed by atoms with Gasteiger partial charge in [-0.1, -0.05) is 23.7 Å². The van der Waals surface area contributed by atoms with E-state index < -0.39 is 0 Å². The molecule has 6 heteroatoms. The molecule has 1 amide bonds. The van der Waals surface area contributed by atoms with E-state index in [9.17, 15) is 4.79 Å². The van der Waals surface area contributed by atoms with Crippen LogP contribution in [0.1, 0.15) is 21.6 Å². The van der Waals surface area contributed by atoms with Crippen molar-refractivity contribution < 1.29 is 4.79 Å². The number of aryl methyl sites for hydroxylation is 1. The van der Waals surface area contributed by atoms with E-state index in [1.807, 2.05) is 37.3 Å². The van der Waals surface area contributed by atoms with Gasteiger partial charge in [0.15, 0.2) is 5.65 Å². The van der Waals surface area contributed by atoms with Crippen molar-refractivity contribution in [1.82, 2.24) is 19.9 Å². The first kappa shape index (κ1) is 14.5. The van der Waals surface area contributed by atoms with Crippen LogP contribution >= 0.6 is 11.6 Å². The molecule has 112 valence electrons. The number of carbonyl (C=O) groups excluding carboxylic acids is 1. The van der Waals surface area contributed by atoms with Crippen molar-refractivity contribution in [2.45, 2.75) is 13.3 Å². The zero-order chi connectivity index (χ0) is 15.5. The van der Waals surface area contributed by atoms with Crippen LogP contribution in [-0.2, 0) is 6.42 Å². The Balaban J connectivity index is 1.61. The molecule has 0 aliphatic carbocycles. The van der Waals surface area contributed by atoms with Gasteiger partial charge in [-0.05, 0) is 31.0 Å². The van der Waals surface area contributed by atoms with Gasteiger partial charge >= 0.3 is 0 Å². The first-order valence-corrected chi connectivity index (χ1v) is 7.34. The molecule has 0 saturated heterocycles. The molecule has 0 aliphatic heterocycles. The second-order valence-electron chi connectivity index (χ2n) is 5.06. The fraction of sp³-hybridized carbons (Fsp3) is 0.188. The molecule has 0 atom stereocenters. The molecule has 3 aromatic rings. The number of amides is 1. The number of fused-ring (bicyclic) bond motifs is 1. The highest BCUT2D eigenvalue weighted by Crippen LogP contribution is 2.09. The van der Waals surface area contributed by atoms with Crippen molar-refractivity contribution in [2.75, 3.05) is 6.54 Å². The number of nitrogens with one attached hydrogen (secondary N) is 1. The minimum absolute atomic E-state index is 0.156. The van der Waals surface area contributed by atoms with E-state index in [4.69, 9.17) is 11.6 Å². The Morgan fingerprint density at radius 3 is 2.86 bits per heavy atom. The number of hydrogen-bond donors (Lipinski definition) is 1. The molecule has 0 saturated carbocycles. The Morgan fingerprint density at radius 1 is 1.32 bits per heavy atom. The molecular weight excluding hydrogens is 300 g/mol. The molecule has 0 bridgehead atoms. The second kappa shape index (κ2) is 6.15. The van der Waals surface area contributed by atoms with E-state index in [1.54, 1.807) is 16.9 Å². The van der Waals surface area contributed by atoms with Gasteiger partial charge in [-0.3, -0.25) is 4.79 Å². The van der Waals surface area contributed by atoms with Crippen LogP contribution in [0.15, 0.2) is 42.7 Å². The summed E-state index contributed by atoms with van der Waals surface area (Å²) in [5.74, 6) is -0.156. The average Bonchev–Trinajstić information content (AvgIpc) is 2.88. The number of carbonyl (C=O) groups is 1. The number of aromatic nitrogens is 3. The van der Waals surface area contributed by atoms with Crippen LogP contribution in [0.2, 0.25) is 5.02 Å². The quantitative estimate of drug-likeness (QED) is 0.805. The largest absolute Gasteiger partial charge is 0.352 e. The summed E-state index contributed by atoms with van der Waals surface area (Å²) in [6, 6.07) is 9.46. The number of nitrogens with zero attached hydrogens (tertiary/aromatic N) is 3. The molecule has 3 rings (SSSR count). The maximum atomic E-state index is 12.1. The highest BCUT2D eigenvalue weighted by Gasteiger charge is 2.08. The van der Waals surface area contributed by atoms with Crippen LogP contribution in [0.3, 0.4) is 0 Å². The summed E-state index contributed by atoms with van der Waals surface area (Å²) in [6.45, 7) is 2.44. The van der Waals surface area contributed by atoms with Crippen LogP contribution in [0.4, 0.5) is 0 Å². The fourth-order valence-corrected chi connectivity index (χ4v) is 2.31. The van der Waals surface area contributed by atoms with Crippen LogP contribution in [-0.4, -0.2) is 27.0 Å². The van der Waals surface area contributed by atoms with Crippen LogP contribution in [0.25, 0.3) is 5.65 Å². The van der Waals surface area contributed by atoms with Crippen molar-refractivity contribution in [3.63, 3.8) is 0 Å². The second-order valence-corrected chi connectivity index (χ2v) is 5.50. The molecular formula is C16H15ClN4O. The van der Waals surface area contributed by atoms with E-state index in [0.29, 0.717) is 17.1 Å². The van der Waals surface area contributed by atoms with E-state index in [0.717, 1.165) is 23.3 Å². The maximum absolute atomic E-state index is 12.1. The van der Waals surface area contributed by atoms with Crippen molar-refractivity contribution >= 4 is 23.2 Å². The minimum atomic E-state index is -0.156. The lowest BCUT2D eigenvalue weighted by Crippen LogP contribution is -2.26. The van der Waals surface area contributed by atoms with E-state index in [2.05, 4.69) is 15.4 Å². The SMILES string of the molecule is Cc1cc2ncc(C(=O)NCCc3ccc(Cl)cc3)cn2n1. The molecule has 22 heavy (non-hydrogen) atoms. The fourth-order valence-electron chi connectivity index (χ4n) is 2.19. The normalized spacial score (nSPS) is 10.8. The molecule has 0 spiro atoms. The Labute approximate surface area is 132 Å². The van der Waals surface area contributed by atoms with Crippen molar-refractivity contribution in [1.29, 1.82) is 0 Å². The number of benzene rings is 1. The smallest absolute Gasteiger partial charge is 0.254 e. The molecule has 0 aliphatic rings. The van der Waals surface area contributed by atoms with E-state index >= 15 is 0 Å². The lowest BCUT2D eigenvalue weighted by atomic mass is 10.1. The predicted molar refractivity (Wildman–Crippen MR) is 85.2 cm³/mol. The Kier molecular flexibility index (Phi) is 4.06. The van der Waals surface area contributed by atoms with Crippen molar-refractivity contribution in [3.05, 3.63) is 64.6 Å². The summed E-state index contributed by atoms with van der Waals surface area (Å²) in [6.07, 6.45) is 4.00. The standard InChI is InChI=1S/C16H15ClN4O/c1-11-8-15-19-9-13(10-21(15)20-11)16(22)18-7-6-12-2-4-14(17)5-3-12/h2-5,8-10H,6-7H2,1H3,(H,18,22). The molecule has 0 unspecified atom stereocenters. The summed E-state index contributed by atoms with van der Waals surface area (Å²) in [7, 11) is 0. The Morgan fingerprint density at radius 2 is 2.09 bits per heavy atom. The highest BCUT2D eigenvalue weighted by molar-refractivity contribution is 6.30. The summed E-state index contributed by atoms with van der Waals surface area (Å²) >= 11 is 5.84. The highest BCUT2D eigenvalue weighted by atomic mass is 35.5. The number of halogens is 1. The molecule has 0 fully saturated rings. The third-order valence-electron chi connectivity index (χ3n) is 3.31. The van der Waals surface area contributed by atoms with Gasteiger partial charge in [0.05, 0.1) is 11.3 Å². The predicted octanol–water partition coefficient (Wildman–Crippen LogP) is 2.66. The number of hydrogen-bond acceptors (Lipinski definition) is 3. The van der Waals surface area contributed by atoms with Gasteiger partial charge in [-0.15, -0.1) is 0 Å². The molecule has 2 aromatic heterocycles. The van der Waals surface area contributed by atoms with Crippen LogP contribution in [0.5, 0.6) is 0 Å². The third kappa shape index (κ3) is 3.26.